The van der Waals surface area contributed by atoms with E-state index in [0.717, 1.165) is 41.3 Å². The van der Waals surface area contributed by atoms with E-state index in [2.05, 4.69) is 69.5 Å². The number of anilines is 1. The molecule has 0 bridgehead atoms. The Morgan fingerprint density at radius 1 is 1.08 bits per heavy atom. The zero-order valence-electron chi connectivity index (χ0n) is 23.1. The lowest BCUT2D eigenvalue weighted by Gasteiger charge is -2.26. The molecule has 198 valence electrons. The molecular formula is C35H35NO3. The van der Waals surface area contributed by atoms with Crippen molar-refractivity contribution in [1.82, 2.24) is 0 Å². The van der Waals surface area contributed by atoms with E-state index in [1.165, 1.54) is 28.6 Å². The summed E-state index contributed by atoms with van der Waals surface area (Å²) in [6, 6.07) is 18.0. The van der Waals surface area contributed by atoms with Crippen LogP contribution >= 0.6 is 0 Å². The molecule has 3 aromatic rings. The van der Waals surface area contributed by atoms with Crippen molar-refractivity contribution in [3.05, 3.63) is 125 Å². The van der Waals surface area contributed by atoms with Gasteiger partial charge in [0.15, 0.2) is 0 Å². The van der Waals surface area contributed by atoms with Crippen LogP contribution in [0.3, 0.4) is 0 Å². The molecule has 0 aromatic heterocycles. The average molecular weight is 518 g/mol. The number of phenols is 1. The quantitative estimate of drug-likeness (QED) is 0.264. The number of benzene rings is 3. The van der Waals surface area contributed by atoms with Crippen molar-refractivity contribution < 1.29 is 14.6 Å². The highest BCUT2D eigenvalue weighted by Crippen LogP contribution is 2.48. The van der Waals surface area contributed by atoms with Gasteiger partial charge < -0.3 is 14.7 Å². The monoisotopic (exact) mass is 517 g/mol. The Hall–Kier alpha value is -4.31. The van der Waals surface area contributed by atoms with Crippen LogP contribution in [-0.4, -0.2) is 17.6 Å². The Morgan fingerprint density at radius 2 is 1.82 bits per heavy atom. The van der Waals surface area contributed by atoms with Crippen LogP contribution in [0.15, 0.2) is 108 Å². The van der Waals surface area contributed by atoms with Crippen molar-refractivity contribution in [3.8, 4) is 5.75 Å². The van der Waals surface area contributed by atoms with E-state index in [1.54, 1.807) is 18.2 Å². The van der Waals surface area contributed by atoms with E-state index in [4.69, 9.17) is 4.74 Å². The number of hydrogen-bond acceptors (Lipinski definition) is 4. The van der Waals surface area contributed by atoms with Crippen molar-refractivity contribution in [2.24, 2.45) is 0 Å². The van der Waals surface area contributed by atoms with E-state index in [0.29, 0.717) is 11.3 Å². The summed E-state index contributed by atoms with van der Waals surface area (Å²) in [7, 11) is 0. The molecule has 0 unspecified atom stereocenters. The minimum absolute atomic E-state index is 0.118. The fourth-order valence-electron chi connectivity index (χ4n) is 5.67. The summed E-state index contributed by atoms with van der Waals surface area (Å²) < 4.78 is 5.86. The van der Waals surface area contributed by atoms with Gasteiger partial charge in [-0.2, -0.15) is 0 Å². The van der Waals surface area contributed by atoms with Crippen LogP contribution in [0, 0.1) is 6.92 Å². The lowest BCUT2D eigenvalue weighted by atomic mass is 9.83. The highest BCUT2D eigenvalue weighted by Gasteiger charge is 2.39. The second-order valence-corrected chi connectivity index (χ2v) is 10.7. The SMILES string of the molecule is C=CC1=C(OC(=O)/C=C/c2cc3ccccc3cc2O)/C(=C/C=C2/N(CC)c3ccc(C)cc3C2(C)C)CC1. The van der Waals surface area contributed by atoms with E-state index in [-0.39, 0.29) is 11.2 Å². The number of phenolic OH excluding ortho intramolecular Hbond substituents is 1. The van der Waals surface area contributed by atoms with Gasteiger partial charge in [0.2, 0.25) is 0 Å². The number of likely N-dealkylation sites (N-methyl/N-ethyl adjacent to an activating group) is 1. The van der Waals surface area contributed by atoms with Crippen LogP contribution in [0.4, 0.5) is 5.69 Å². The molecule has 1 N–H and O–H groups in total. The van der Waals surface area contributed by atoms with Gasteiger partial charge in [0, 0.05) is 35.0 Å². The maximum atomic E-state index is 12.9. The van der Waals surface area contributed by atoms with Crippen molar-refractivity contribution >= 4 is 28.5 Å². The summed E-state index contributed by atoms with van der Waals surface area (Å²) in [4.78, 5) is 15.3. The maximum Gasteiger partial charge on any atom is 0.336 e. The predicted molar refractivity (Wildman–Crippen MR) is 161 cm³/mol. The van der Waals surface area contributed by atoms with Crippen molar-refractivity contribution in [2.75, 3.05) is 11.4 Å². The molecule has 0 saturated heterocycles. The molecule has 4 heteroatoms. The molecule has 39 heavy (non-hydrogen) atoms. The number of allylic oxidation sites excluding steroid dienone is 6. The highest BCUT2D eigenvalue weighted by atomic mass is 16.5. The number of carbonyl (C=O) groups is 1. The third-order valence-electron chi connectivity index (χ3n) is 7.80. The van der Waals surface area contributed by atoms with E-state index in [1.807, 2.05) is 30.3 Å². The number of aromatic hydroxyl groups is 1. The third kappa shape index (κ3) is 4.95. The smallest absolute Gasteiger partial charge is 0.336 e. The Labute approximate surface area is 230 Å². The average Bonchev–Trinajstić information content (AvgIpc) is 3.40. The topological polar surface area (TPSA) is 49.8 Å². The van der Waals surface area contributed by atoms with Crippen LogP contribution in [0.2, 0.25) is 0 Å². The molecule has 0 spiro atoms. The number of esters is 1. The third-order valence-corrected chi connectivity index (χ3v) is 7.80. The van der Waals surface area contributed by atoms with Crippen molar-refractivity contribution in [1.29, 1.82) is 0 Å². The number of nitrogens with zero attached hydrogens (tertiary/aromatic N) is 1. The molecule has 3 aromatic carbocycles. The number of hydrogen-bond donors (Lipinski definition) is 1. The number of fused-ring (bicyclic) bond motifs is 2. The summed E-state index contributed by atoms with van der Waals surface area (Å²) in [6.45, 7) is 13.6. The number of rotatable bonds is 6. The standard InChI is InChI=1S/C35H35NO3/c1-6-24-13-14-25(15-18-32-35(4,5)29-20-23(3)12-17-30(29)36(32)7-2)34(24)39-33(38)19-16-28-21-26-10-8-9-11-27(26)22-31(28)37/h6,8-12,15-22,37H,1,7,13-14H2,2-5H3/b19-16+,25-15+,32-18+. The van der Waals surface area contributed by atoms with Crippen LogP contribution in [-0.2, 0) is 14.9 Å². The number of carbonyl (C=O) groups excluding carboxylic acids is 1. The fourth-order valence-corrected chi connectivity index (χ4v) is 5.67. The lowest BCUT2D eigenvalue weighted by molar-refractivity contribution is -0.133. The zero-order chi connectivity index (χ0) is 27.7. The van der Waals surface area contributed by atoms with Gasteiger partial charge >= 0.3 is 5.97 Å². The van der Waals surface area contributed by atoms with Crippen LogP contribution in [0.25, 0.3) is 16.8 Å². The first-order valence-electron chi connectivity index (χ1n) is 13.5. The second-order valence-electron chi connectivity index (χ2n) is 10.7. The molecule has 1 heterocycles. The molecule has 0 amide bonds. The first kappa shape index (κ1) is 26.3. The van der Waals surface area contributed by atoms with Gasteiger partial charge in [0.05, 0.1) is 0 Å². The van der Waals surface area contributed by atoms with E-state index >= 15 is 0 Å². The summed E-state index contributed by atoms with van der Waals surface area (Å²) in [5, 5.41) is 12.3. The molecule has 1 aliphatic carbocycles. The number of aryl methyl sites for hydroxylation is 1. The fraction of sp³-hybridized carbons (Fsp3) is 0.229. The summed E-state index contributed by atoms with van der Waals surface area (Å²) >= 11 is 0. The van der Waals surface area contributed by atoms with E-state index < -0.39 is 5.97 Å². The summed E-state index contributed by atoms with van der Waals surface area (Å²) in [5.41, 5.74) is 7.39. The molecule has 4 nitrogen and oxygen atoms in total. The molecular weight excluding hydrogens is 482 g/mol. The Balaban J connectivity index is 1.40. The molecule has 0 atom stereocenters. The van der Waals surface area contributed by atoms with Gasteiger partial charge in [0.1, 0.15) is 11.5 Å². The van der Waals surface area contributed by atoms with Crippen molar-refractivity contribution in [2.45, 2.75) is 46.0 Å². The van der Waals surface area contributed by atoms with Crippen LogP contribution in [0.1, 0.15) is 50.3 Å². The van der Waals surface area contributed by atoms with Crippen LogP contribution < -0.4 is 4.90 Å². The van der Waals surface area contributed by atoms with Gasteiger partial charge in [-0.1, -0.05) is 74.5 Å². The van der Waals surface area contributed by atoms with Gasteiger partial charge in [0.25, 0.3) is 0 Å². The maximum absolute atomic E-state index is 12.9. The Kier molecular flexibility index (Phi) is 7.05. The normalized spacial score (nSPS) is 18.5. The second kappa shape index (κ2) is 10.5. The van der Waals surface area contributed by atoms with E-state index in [9.17, 15) is 9.90 Å². The first-order chi connectivity index (χ1) is 18.7. The minimum atomic E-state index is -0.489. The zero-order valence-corrected chi connectivity index (χ0v) is 23.1. The largest absolute Gasteiger partial charge is 0.507 e. The van der Waals surface area contributed by atoms with Gasteiger partial charge in [-0.25, -0.2) is 4.79 Å². The Morgan fingerprint density at radius 3 is 2.54 bits per heavy atom. The molecule has 0 saturated carbocycles. The van der Waals surface area contributed by atoms with Crippen LogP contribution in [0.5, 0.6) is 5.75 Å². The van der Waals surface area contributed by atoms with Crippen molar-refractivity contribution in [3.63, 3.8) is 0 Å². The van der Waals surface area contributed by atoms with Gasteiger partial charge in [-0.05, 0) is 84.5 Å². The Bertz CT molecular complexity index is 1600. The molecule has 2 aliphatic rings. The highest BCUT2D eigenvalue weighted by molar-refractivity contribution is 5.92. The molecule has 5 rings (SSSR count). The van der Waals surface area contributed by atoms with Gasteiger partial charge in [-0.15, -0.1) is 0 Å². The number of ether oxygens (including phenoxy) is 1. The predicted octanol–water partition coefficient (Wildman–Crippen LogP) is 8.27. The minimum Gasteiger partial charge on any atom is -0.507 e. The lowest BCUT2D eigenvalue weighted by Crippen LogP contribution is -2.25. The molecule has 1 aliphatic heterocycles. The van der Waals surface area contributed by atoms with Gasteiger partial charge in [-0.3, -0.25) is 0 Å². The summed E-state index contributed by atoms with van der Waals surface area (Å²) in [5.74, 6) is 0.204. The first-order valence-corrected chi connectivity index (χ1v) is 13.5. The summed E-state index contributed by atoms with van der Waals surface area (Å²) in [6.07, 6.45) is 10.6. The molecule has 0 fully saturated rings. The molecule has 0 radical (unpaired) electrons.